The lowest BCUT2D eigenvalue weighted by Crippen LogP contribution is -2.17. The van der Waals surface area contributed by atoms with E-state index in [0.29, 0.717) is 17.6 Å². The molecule has 2 heterocycles. The molecule has 0 radical (unpaired) electrons. The van der Waals surface area contributed by atoms with Crippen LogP contribution in [0.2, 0.25) is 0 Å². The molecule has 11 rings (SSSR count). The first kappa shape index (κ1) is 34.6. The third kappa shape index (κ3) is 5.73. The van der Waals surface area contributed by atoms with E-state index >= 15 is 0 Å². The number of rotatable bonds is 7. The van der Waals surface area contributed by atoms with Crippen LogP contribution >= 0.6 is 0 Å². The summed E-state index contributed by atoms with van der Waals surface area (Å²) in [5.41, 5.74) is 14.4. The van der Waals surface area contributed by atoms with Gasteiger partial charge in [-0.2, -0.15) is 9.97 Å². The molecule has 0 bridgehead atoms. The molecular weight excluding hydrogens is 719 g/mol. The Balaban J connectivity index is 1.03. The minimum atomic E-state index is -0.237. The van der Waals surface area contributed by atoms with Gasteiger partial charge in [-0.15, -0.1) is 0 Å². The summed E-state index contributed by atoms with van der Waals surface area (Å²) >= 11 is 0. The molecule has 10 aromatic rings. The average molecular weight is 758 g/mol. The number of nitrogens with zero attached hydrogens (tertiary/aromatic N) is 5. The standard InChI is InChI=1S/C54H39N5/c1-54(2)47-25-12-9-20-42(47)45-23-15-24-46(50(45)54)52-55-51(56-53(57-52)59-48-26-13-10-21-43(48)44-22-11-14-27-49(44)59)38-30-28-36(29-31-38)37-32-34-41(35-33-37)58(39-16-5-3-6-17-39)40-18-7-4-8-19-40/h3-35H,1-2H3. The summed E-state index contributed by atoms with van der Waals surface area (Å²) in [5, 5.41) is 2.32. The Morgan fingerprint density at radius 3 is 1.51 bits per heavy atom. The summed E-state index contributed by atoms with van der Waals surface area (Å²) in [6.45, 7) is 4.62. The third-order valence-corrected chi connectivity index (χ3v) is 11.9. The largest absolute Gasteiger partial charge is 0.311 e. The molecular formula is C54H39N5. The lowest BCUT2D eigenvalue weighted by atomic mass is 9.80. The first-order chi connectivity index (χ1) is 29.0. The van der Waals surface area contributed by atoms with E-state index in [1.54, 1.807) is 0 Å². The Kier molecular flexibility index (Phi) is 8.09. The van der Waals surface area contributed by atoms with E-state index in [4.69, 9.17) is 15.0 Å². The molecule has 0 unspecified atom stereocenters. The molecule has 0 spiro atoms. The van der Waals surface area contributed by atoms with Gasteiger partial charge in [-0.25, -0.2) is 4.98 Å². The van der Waals surface area contributed by atoms with Gasteiger partial charge in [0.05, 0.1) is 11.0 Å². The molecule has 1 aliphatic carbocycles. The van der Waals surface area contributed by atoms with Crippen LogP contribution in [0, 0.1) is 0 Å². The lowest BCUT2D eigenvalue weighted by Gasteiger charge is -2.25. The van der Waals surface area contributed by atoms with E-state index in [1.165, 1.54) is 22.3 Å². The average Bonchev–Trinajstić information content (AvgIpc) is 3.76. The minimum absolute atomic E-state index is 0.237. The maximum atomic E-state index is 5.35. The predicted molar refractivity (Wildman–Crippen MR) is 243 cm³/mol. The number of aromatic nitrogens is 4. The molecule has 0 N–H and O–H groups in total. The summed E-state index contributed by atoms with van der Waals surface area (Å²) in [4.78, 5) is 18.2. The van der Waals surface area contributed by atoms with Gasteiger partial charge in [-0.1, -0.05) is 166 Å². The maximum Gasteiger partial charge on any atom is 0.238 e. The topological polar surface area (TPSA) is 46.8 Å². The number of anilines is 3. The molecule has 2 aromatic heterocycles. The van der Waals surface area contributed by atoms with Gasteiger partial charge in [0, 0.05) is 44.4 Å². The lowest BCUT2D eigenvalue weighted by molar-refractivity contribution is 0.661. The molecule has 5 heteroatoms. The number of hydrogen-bond donors (Lipinski definition) is 0. The van der Waals surface area contributed by atoms with Crippen molar-refractivity contribution in [2.75, 3.05) is 4.90 Å². The van der Waals surface area contributed by atoms with Gasteiger partial charge in [0.2, 0.25) is 5.95 Å². The van der Waals surface area contributed by atoms with Crippen LogP contribution in [-0.2, 0) is 5.41 Å². The zero-order chi connectivity index (χ0) is 39.5. The molecule has 0 saturated carbocycles. The number of hydrogen-bond acceptors (Lipinski definition) is 4. The molecule has 0 atom stereocenters. The van der Waals surface area contributed by atoms with Gasteiger partial charge in [0.25, 0.3) is 0 Å². The molecule has 0 saturated heterocycles. The van der Waals surface area contributed by atoms with Crippen molar-refractivity contribution in [1.82, 2.24) is 19.5 Å². The summed E-state index contributed by atoms with van der Waals surface area (Å²) in [6, 6.07) is 70.6. The molecule has 0 amide bonds. The number of benzene rings is 8. The molecule has 280 valence electrons. The fourth-order valence-corrected chi connectivity index (χ4v) is 9.10. The van der Waals surface area contributed by atoms with Crippen LogP contribution in [0.5, 0.6) is 0 Å². The number of fused-ring (bicyclic) bond motifs is 6. The zero-order valence-corrected chi connectivity index (χ0v) is 32.8. The van der Waals surface area contributed by atoms with Gasteiger partial charge in [0.15, 0.2) is 11.6 Å². The Bertz CT molecular complexity index is 3070. The van der Waals surface area contributed by atoms with Crippen molar-refractivity contribution >= 4 is 38.9 Å². The van der Waals surface area contributed by atoms with E-state index in [1.807, 2.05) is 0 Å². The smallest absolute Gasteiger partial charge is 0.238 e. The Hall–Kier alpha value is -7.63. The van der Waals surface area contributed by atoms with Gasteiger partial charge in [-0.05, 0) is 81.9 Å². The molecule has 0 fully saturated rings. The summed E-state index contributed by atoms with van der Waals surface area (Å²) in [5.74, 6) is 1.88. The van der Waals surface area contributed by atoms with Crippen LogP contribution in [0.1, 0.15) is 25.0 Å². The summed E-state index contributed by atoms with van der Waals surface area (Å²) in [7, 11) is 0. The fourth-order valence-electron chi connectivity index (χ4n) is 9.10. The van der Waals surface area contributed by atoms with E-state index in [-0.39, 0.29) is 5.41 Å². The highest BCUT2D eigenvalue weighted by Crippen LogP contribution is 2.51. The Labute approximate surface area is 343 Å². The molecule has 1 aliphatic rings. The van der Waals surface area contributed by atoms with Gasteiger partial charge >= 0.3 is 0 Å². The van der Waals surface area contributed by atoms with Crippen LogP contribution in [0.4, 0.5) is 17.1 Å². The molecule has 59 heavy (non-hydrogen) atoms. The third-order valence-electron chi connectivity index (χ3n) is 11.9. The molecule has 0 aliphatic heterocycles. The van der Waals surface area contributed by atoms with Crippen molar-refractivity contribution in [2.24, 2.45) is 0 Å². The van der Waals surface area contributed by atoms with Crippen molar-refractivity contribution in [3.8, 4) is 51.0 Å². The quantitative estimate of drug-likeness (QED) is 0.162. The van der Waals surface area contributed by atoms with Gasteiger partial charge in [-0.3, -0.25) is 4.57 Å². The molecule has 8 aromatic carbocycles. The first-order valence-electron chi connectivity index (χ1n) is 20.1. The van der Waals surface area contributed by atoms with Crippen molar-refractivity contribution in [3.05, 3.63) is 211 Å². The second-order valence-electron chi connectivity index (χ2n) is 15.7. The Morgan fingerprint density at radius 2 is 0.864 bits per heavy atom. The predicted octanol–water partition coefficient (Wildman–Crippen LogP) is 13.7. The fraction of sp³-hybridized carbons (Fsp3) is 0.0556. The van der Waals surface area contributed by atoms with Crippen molar-refractivity contribution in [3.63, 3.8) is 0 Å². The van der Waals surface area contributed by atoms with Crippen LogP contribution < -0.4 is 4.90 Å². The Morgan fingerprint density at radius 1 is 0.390 bits per heavy atom. The monoisotopic (exact) mass is 757 g/mol. The molecule has 5 nitrogen and oxygen atoms in total. The highest BCUT2D eigenvalue weighted by molar-refractivity contribution is 6.09. The van der Waals surface area contributed by atoms with E-state index < -0.39 is 0 Å². The highest BCUT2D eigenvalue weighted by Gasteiger charge is 2.38. The number of para-hydroxylation sites is 4. The van der Waals surface area contributed by atoms with E-state index in [9.17, 15) is 0 Å². The van der Waals surface area contributed by atoms with Crippen molar-refractivity contribution < 1.29 is 0 Å². The van der Waals surface area contributed by atoms with Gasteiger partial charge in [0.1, 0.15) is 0 Å². The van der Waals surface area contributed by atoms with Crippen LogP contribution in [-0.4, -0.2) is 19.5 Å². The van der Waals surface area contributed by atoms with E-state index in [2.05, 4.69) is 224 Å². The van der Waals surface area contributed by atoms with Crippen LogP contribution in [0.3, 0.4) is 0 Å². The van der Waals surface area contributed by atoms with Gasteiger partial charge < -0.3 is 4.90 Å². The van der Waals surface area contributed by atoms with Crippen molar-refractivity contribution in [1.29, 1.82) is 0 Å². The van der Waals surface area contributed by atoms with Crippen LogP contribution in [0.25, 0.3) is 72.8 Å². The second kappa shape index (κ2) is 13.8. The normalized spacial score (nSPS) is 12.7. The maximum absolute atomic E-state index is 5.35. The van der Waals surface area contributed by atoms with E-state index in [0.717, 1.165) is 61.1 Å². The second-order valence-corrected chi connectivity index (χ2v) is 15.7. The summed E-state index contributed by atoms with van der Waals surface area (Å²) < 4.78 is 2.19. The zero-order valence-electron chi connectivity index (χ0n) is 32.8. The SMILES string of the molecule is CC1(C)c2ccccc2-c2cccc(-c3nc(-c4ccc(-c5ccc(N(c6ccccc6)c6ccccc6)cc5)cc4)nc(-n4c5ccccc5c5ccccc54)n3)c21. The highest BCUT2D eigenvalue weighted by atomic mass is 15.2. The minimum Gasteiger partial charge on any atom is -0.311 e. The van der Waals surface area contributed by atoms with Crippen molar-refractivity contribution in [2.45, 2.75) is 19.3 Å². The summed E-state index contributed by atoms with van der Waals surface area (Å²) in [6.07, 6.45) is 0. The first-order valence-corrected chi connectivity index (χ1v) is 20.1. The van der Waals surface area contributed by atoms with Crippen LogP contribution in [0.15, 0.2) is 200 Å².